The van der Waals surface area contributed by atoms with Gasteiger partial charge in [0.1, 0.15) is 29.3 Å². The van der Waals surface area contributed by atoms with Gasteiger partial charge in [-0.25, -0.2) is 9.97 Å². The van der Waals surface area contributed by atoms with Crippen LogP contribution < -0.4 is 16.2 Å². The standard InChI is InChI=1S/C23H23N5O2/c1-23(2,3)28-12-17(19-20(24)26-13-27-22(19)28)14-8-10-15(11-9-14)30-18-7-5-4-6-16(18)21(25)29/h4-13H,1-3H3,(H2,25,29)(H2,24,26,27). The van der Waals surface area contributed by atoms with Crippen molar-refractivity contribution in [3.63, 3.8) is 0 Å². The van der Waals surface area contributed by atoms with E-state index in [2.05, 4.69) is 35.3 Å². The molecule has 0 aliphatic carbocycles. The molecule has 7 nitrogen and oxygen atoms in total. The van der Waals surface area contributed by atoms with Crippen molar-refractivity contribution in [3.8, 4) is 22.6 Å². The van der Waals surface area contributed by atoms with Crippen molar-refractivity contribution >= 4 is 22.8 Å². The van der Waals surface area contributed by atoms with Crippen LogP contribution in [0.25, 0.3) is 22.2 Å². The Hall–Kier alpha value is -3.87. The molecule has 0 aliphatic rings. The van der Waals surface area contributed by atoms with Crippen LogP contribution in [-0.4, -0.2) is 20.4 Å². The molecule has 0 saturated heterocycles. The number of benzene rings is 2. The number of ether oxygens (including phenoxy) is 1. The largest absolute Gasteiger partial charge is 0.457 e. The third kappa shape index (κ3) is 3.45. The summed E-state index contributed by atoms with van der Waals surface area (Å²) in [5, 5.41) is 0.820. The lowest BCUT2D eigenvalue weighted by Crippen LogP contribution is -2.21. The summed E-state index contributed by atoms with van der Waals surface area (Å²) in [6.07, 6.45) is 3.53. The van der Waals surface area contributed by atoms with Crippen LogP contribution in [0.1, 0.15) is 31.1 Å². The van der Waals surface area contributed by atoms with Gasteiger partial charge in [0.15, 0.2) is 0 Å². The number of para-hydroxylation sites is 1. The first-order valence-corrected chi connectivity index (χ1v) is 9.55. The summed E-state index contributed by atoms with van der Waals surface area (Å²) in [6.45, 7) is 6.34. The minimum atomic E-state index is -0.535. The Balaban J connectivity index is 1.74. The van der Waals surface area contributed by atoms with Crippen LogP contribution in [0.15, 0.2) is 61.1 Å². The number of anilines is 1. The molecule has 4 rings (SSSR count). The first-order chi connectivity index (χ1) is 14.3. The van der Waals surface area contributed by atoms with Gasteiger partial charge in [-0.3, -0.25) is 4.79 Å². The Morgan fingerprint density at radius 1 is 1.03 bits per heavy atom. The van der Waals surface area contributed by atoms with E-state index in [0.29, 0.717) is 22.9 Å². The van der Waals surface area contributed by atoms with E-state index in [9.17, 15) is 4.79 Å². The number of fused-ring (bicyclic) bond motifs is 1. The number of hydrogen-bond acceptors (Lipinski definition) is 5. The molecule has 7 heteroatoms. The van der Waals surface area contributed by atoms with Crippen LogP contribution in [0.3, 0.4) is 0 Å². The van der Waals surface area contributed by atoms with Crippen LogP contribution in [0, 0.1) is 0 Å². The van der Waals surface area contributed by atoms with Crippen LogP contribution in [0.5, 0.6) is 11.5 Å². The Kier molecular flexibility index (Phi) is 4.66. The van der Waals surface area contributed by atoms with Crippen molar-refractivity contribution in [2.75, 3.05) is 5.73 Å². The second-order valence-electron chi connectivity index (χ2n) is 8.03. The van der Waals surface area contributed by atoms with Crippen LogP contribution >= 0.6 is 0 Å². The van der Waals surface area contributed by atoms with Crippen molar-refractivity contribution in [1.82, 2.24) is 14.5 Å². The Bertz CT molecular complexity index is 1240. The molecule has 0 fully saturated rings. The number of primary amides is 1. The van der Waals surface area contributed by atoms with Gasteiger partial charge in [0.25, 0.3) is 5.91 Å². The zero-order valence-corrected chi connectivity index (χ0v) is 17.1. The highest BCUT2D eigenvalue weighted by molar-refractivity contribution is 6.00. The smallest absolute Gasteiger partial charge is 0.252 e. The molecule has 2 aromatic heterocycles. The monoisotopic (exact) mass is 401 g/mol. The third-order valence-electron chi connectivity index (χ3n) is 4.88. The van der Waals surface area contributed by atoms with E-state index in [-0.39, 0.29) is 5.54 Å². The van der Waals surface area contributed by atoms with Crippen molar-refractivity contribution in [2.45, 2.75) is 26.3 Å². The second-order valence-corrected chi connectivity index (χ2v) is 8.03. The molecule has 4 aromatic rings. The SMILES string of the molecule is CC(C)(C)n1cc(-c2ccc(Oc3ccccc3C(N)=O)cc2)c2c(N)ncnc21. The third-order valence-corrected chi connectivity index (χ3v) is 4.88. The van der Waals surface area contributed by atoms with Gasteiger partial charge >= 0.3 is 0 Å². The molecule has 0 atom stereocenters. The molecule has 152 valence electrons. The second kappa shape index (κ2) is 7.18. The van der Waals surface area contributed by atoms with Crippen LogP contribution in [-0.2, 0) is 5.54 Å². The lowest BCUT2D eigenvalue weighted by molar-refractivity contribution is 0.0998. The van der Waals surface area contributed by atoms with Gasteiger partial charge < -0.3 is 20.8 Å². The fourth-order valence-electron chi connectivity index (χ4n) is 3.40. The fourth-order valence-corrected chi connectivity index (χ4v) is 3.40. The topological polar surface area (TPSA) is 109 Å². The number of rotatable bonds is 4. The number of nitrogens with zero attached hydrogens (tertiary/aromatic N) is 3. The maximum absolute atomic E-state index is 11.6. The summed E-state index contributed by atoms with van der Waals surface area (Å²) in [7, 11) is 0. The Morgan fingerprint density at radius 2 is 1.73 bits per heavy atom. The van der Waals surface area contributed by atoms with E-state index >= 15 is 0 Å². The summed E-state index contributed by atoms with van der Waals surface area (Å²) < 4.78 is 7.98. The van der Waals surface area contributed by atoms with E-state index in [1.807, 2.05) is 30.5 Å². The molecule has 0 saturated carbocycles. The van der Waals surface area contributed by atoms with Crippen molar-refractivity contribution < 1.29 is 9.53 Å². The van der Waals surface area contributed by atoms with Crippen molar-refractivity contribution in [3.05, 3.63) is 66.6 Å². The maximum Gasteiger partial charge on any atom is 0.252 e. The summed E-state index contributed by atoms with van der Waals surface area (Å²) in [5.41, 5.74) is 14.5. The molecule has 0 aliphatic heterocycles. The number of amides is 1. The van der Waals surface area contributed by atoms with Gasteiger partial charge in [-0.1, -0.05) is 24.3 Å². The van der Waals surface area contributed by atoms with Gasteiger partial charge in [0, 0.05) is 17.3 Å². The zero-order chi connectivity index (χ0) is 21.5. The quantitative estimate of drug-likeness (QED) is 0.529. The minimum absolute atomic E-state index is 0.168. The van der Waals surface area contributed by atoms with E-state index in [1.54, 1.807) is 24.3 Å². The highest BCUT2D eigenvalue weighted by Crippen LogP contribution is 2.36. The maximum atomic E-state index is 11.6. The van der Waals surface area contributed by atoms with Gasteiger partial charge in [-0.05, 0) is 50.6 Å². The predicted octanol–water partition coefficient (Wildman–Crippen LogP) is 4.33. The number of nitrogens with two attached hydrogens (primary N) is 2. The predicted molar refractivity (Wildman–Crippen MR) is 117 cm³/mol. The zero-order valence-electron chi connectivity index (χ0n) is 17.1. The first kappa shape index (κ1) is 19.4. The molecule has 1 amide bonds. The molecule has 0 spiro atoms. The van der Waals surface area contributed by atoms with Crippen LogP contribution in [0.4, 0.5) is 5.82 Å². The first-order valence-electron chi connectivity index (χ1n) is 9.55. The van der Waals surface area contributed by atoms with Crippen molar-refractivity contribution in [1.29, 1.82) is 0 Å². The fraction of sp³-hybridized carbons (Fsp3) is 0.174. The normalized spacial score (nSPS) is 11.6. The Morgan fingerprint density at radius 3 is 2.40 bits per heavy atom. The van der Waals surface area contributed by atoms with Gasteiger partial charge in [-0.2, -0.15) is 0 Å². The molecule has 0 unspecified atom stereocenters. The highest BCUT2D eigenvalue weighted by atomic mass is 16.5. The molecule has 2 heterocycles. The number of carbonyl (C=O) groups is 1. The van der Waals surface area contributed by atoms with E-state index in [4.69, 9.17) is 16.2 Å². The molecule has 0 bridgehead atoms. The average molecular weight is 401 g/mol. The lowest BCUT2D eigenvalue weighted by Gasteiger charge is -2.21. The molecule has 2 aromatic carbocycles. The summed E-state index contributed by atoms with van der Waals surface area (Å²) >= 11 is 0. The van der Waals surface area contributed by atoms with E-state index < -0.39 is 5.91 Å². The summed E-state index contributed by atoms with van der Waals surface area (Å²) in [4.78, 5) is 20.2. The molecular formula is C23H23N5O2. The van der Waals surface area contributed by atoms with E-state index in [1.165, 1.54) is 6.33 Å². The highest BCUT2D eigenvalue weighted by Gasteiger charge is 2.22. The average Bonchev–Trinajstić information content (AvgIpc) is 3.10. The lowest BCUT2D eigenvalue weighted by atomic mass is 10.1. The molecule has 4 N–H and O–H groups in total. The van der Waals surface area contributed by atoms with Gasteiger partial charge in [0.05, 0.1) is 10.9 Å². The van der Waals surface area contributed by atoms with Gasteiger partial charge in [0.2, 0.25) is 0 Å². The molecular weight excluding hydrogens is 378 g/mol. The van der Waals surface area contributed by atoms with Gasteiger partial charge in [-0.15, -0.1) is 0 Å². The number of carbonyl (C=O) groups excluding carboxylic acids is 1. The Labute approximate surface area is 174 Å². The van der Waals surface area contributed by atoms with E-state index in [0.717, 1.165) is 22.2 Å². The van der Waals surface area contributed by atoms with Crippen molar-refractivity contribution in [2.24, 2.45) is 5.73 Å². The number of aromatic nitrogens is 3. The van der Waals surface area contributed by atoms with Crippen LogP contribution in [0.2, 0.25) is 0 Å². The minimum Gasteiger partial charge on any atom is -0.457 e. The summed E-state index contributed by atoms with van der Waals surface area (Å²) in [5.74, 6) is 0.914. The molecule has 0 radical (unpaired) electrons. The number of nitrogen functional groups attached to an aromatic ring is 1. The molecule has 30 heavy (non-hydrogen) atoms. The number of hydrogen-bond donors (Lipinski definition) is 2. The summed E-state index contributed by atoms with van der Waals surface area (Å²) in [6, 6.07) is 14.4.